The fourth-order valence-electron chi connectivity index (χ4n) is 2.73. The van der Waals surface area contributed by atoms with E-state index in [2.05, 4.69) is 60.7 Å². The van der Waals surface area contributed by atoms with Gasteiger partial charge in [0.05, 0.1) is 12.7 Å². The lowest BCUT2D eigenvalue weighted by molar-refractivity contribution is -0.139. The Balaban J connectivity index is 2.30. The average Bonchev–Trinajstić information content (AvgIpc) is 3.21. The zero-order valence-corrected chi connectivity index (χ0v) is 20.6. The van der Waals surface area contributed by atoms with Crippen LogP contribution in [-0.2, 0) is 18.7 Å². The maximum atomic E-state index is 10.8. The van der Waals surface area contributed by atoms with Crippen LogP contribution in [0.15, 0.2) is 23.3 Å². The largest absolute Gasteiger partial charge is 0.462 e. The van der Waals surface area contributed by atoms with Crippen LogP contribution in [0, 0.1) is 0 Å². The van der Waals surface area contributed by atoms with Crippen molar-refractivity contribution in [2.45, 2.75) is 104 Å². The van der Waals surface area contributed by atoms with E-state index in [0.29, 0.717) is 19.3 Å². The van der Waals surface area contributed by atoms with Crippen LogP contribution in [-0.4, -0.2) is 39.2 Å². The van der Waals surface area contributed by atoms with E-state index in [9.17, 15) is 4.79 Å². The van der Waals surface area contributed by atoms with Gasteiger partial charge in [0.1, 0.15) is 12.2 Å². The first-order valence-electron chi connectivity index (χ1n) is 10.5. The van der Waals surface area contributed by atoms with E-state index < -0.39 is 8.32 Å². The summed E-state index contributed by atoms with van der Waals surface area (Å²) in [6, 6.07) is 0. The van der Waals surface area contributed by atoms with Crippen molar-refractivity contribution in [3.8, 4) is 0 Å². The second kappa shape index (κ2) is 10.2. The average molecular weight is 411 g/mol. The molecule has 162 valence electrons. The molecule has 1 fully saturated rings. The molecule has 0 aromatic carbocycles. The second-order valence-corrected chi connectivity index (χ2v) is 14.8. The third-order valence-electron chi connectivity index (χ3n) is 6.11. The summed E-state index contributed by atoms with van der Waals surface area (Å²) < 4.78 is 17.3. The quantitative estimate of drug-likeness (QED) is 0.176. The molecule has 0 bridgehead atoms. The van der Waals surface area contributed by atoms with E-state index in [1.165, 1.54) is 18.1 Å². The summed E-state index contributed by atoms with van der Waals surface area (Å²) in [4.78, 5) is 10.8. The van der Waals surface area contributed by atoms with Crippen LogP contribution in [0.4, 0.5) is 0 Å². The topological polar surface area (TPSA) is 48.1 Å². The Morgan fingerprint density at radius 3 is 2.29 bits per heavy atom. The van der Waals surface area contributed by atoms with E-state index in [0.717, 1.165) is 25.7 Å². The highest BCUT2D eigenvalue weighted by Gasteiger charge is 2.53. The van der Waals surface area contributed by atoms with Gasteiger partial charge in [0.2, 0.25) is 0 Å². The number of ether oxygens (including phenoxy) is 2. The van der Waals surface area contributed by atoms with E-state index >= 15 is 0 Å². The Labute approximate surface area is 173 Å². The molecule has 0 aromatic heterocycles. The van der Waals surface area contributed by atoms with Crippen LogP contribution in [0.3, 0.4) is 0 Å². The van der Waals surface area contributed by atoms with Crippen molar-refractivity contribution in [3.05, 3.63) is 23.3 Å². The molecule has 2 atom stereocenters. The number of carbonyl (C=O) groups is 1. The minimum absolute atomic E-state index is 0.105. The number of rotatable bonds is 11. The SMILES string of the molecule is CC(=O)OC/C=C(\C)CC/C=C(\C)CCC1OC1(C)CO[Si](C)(C)C(C)(C)C. The van der Waals surface area contributed by atoms with Gasteiger partial charge in [-0.05, 0) is 70.7 Å². The number of carbonyl (C=O) groups excluding carboxylic acids is 1. The smallest absolute Gasteiger partial charge is 0.302 e. The lowest BCUT2D eigenvalue weighted by Crippen LogP contribution is -2.43. The molecule has 1 rings (SSSR count). The molecule has 0 saturated carbocycles. The Hall–Kier alpha value is -0.913. The Kier molecular flexibility index (Phi) is 9.17. The van der Waals surface area contributed by atoms with Crippen molar-refractivity contribution in [3.63, 3.8) is 0 Å². The van der Waals surface area contributed by atoms with Gasteiger partial charge < -0.3 is 13.9 Å². The molecule has 28 heavy (non-hydrogen) atoms. The Morgan fingerprint density at radius 1 is 1.11 bits per heavy atom. The molecule has 1 heterocycles. The Morgan fingerprint density at radius 2 is 1.71 bits per heavy atom. The van der Waals surface area contributed by atoms with Gasteiger partial charge >= 0.3 is 5.97 Å². The minimum Gasteiger partial charge on any atom is -0.462 e. The molecular formula is C23H42O4Si. The second-order valence-electron chi connectivity index (χ2n) is 9.95. The van der Waals surface area contributed by atoms with Crippen LogP contribution >= 0.6 is 0 Å². The molecule has 0 spiro atoms. The maximum absolute atomic E-state index is 10.8. The number of esters is 1. The fourth-order valence-corrected chi connectivity index (χ4v) is 3.81. The lowest BCUT2D eigenvalue weighted by atomic mass is 10.0. The van der Waals surface area contributed by atoms with E-state index in [1.54, 1.807) is 0 Å². The third kappa shape index (κ3) is 8.62. The van der Waals surface area contributed by atoms with Gasteiger partial charge in [-0.3, -0.25) is 4.79 Å². The van der Waals surface area contributed by atoms with Crippen molar-refractivity contribution in [1.82, 2.24) is 0 Å². The molecule has 1 aliphatic heterocycles. The van der Waals surface area contributed by atoms with Crippen LogP contribution in [0.2, 0.25) is 18.1 Å². The van der Waals surface area contributed by atoms with Crippen LogP contribution in [0.25, 0.3) is 0 Å². The molecule has 0 aromatic rings. The molecule has 0 N–H and O–H groups in total. The summed E-state index contributed by atoms with van der Waals surface area (Å²) in [5.74, 6) is -0.233. The summed E-state index contributed by atoms with van der Waals surface area (Å²) in [7, 11) is -1.72. The highest BCUT2D eigenvalue weighted by atomic mass is 28.4. The van der Waals surface area contributed by atoms with Crippen molar-refractivity contribution in [2.24, 2.45) is 0 Å². The van der Waals surface area contributed by atoms with Gasteiger partial charge in [-0.25, -0.2) is 0 Å². The van der Waals surface area contributed by atoms with Crippen LogP contribution < -0.4 is 0 Å². The molecule has 0 aliphatic carbocycles. The molecule has 5 heteroatoms. The van der Waals surface area contributed by atoms with E-state index in [-0.39, 0.29) is 16.6 Å². The fraction of sp³-hybridized carbons (Fsp3) is 0.783. The number of allylic oxidation sites excluding steroid dienone is 3. The third-order valence-corrected chi connectivity index (χ3v) is 10.6. The van der Waals surface area contributed by atoms with Gasteiger partial charge in [0, 0.05) is 6.92 Å². The Bertz CT molecular complexity index is 586. The first-order chi connectivity index (χ1) is 12.8. The number of hydrogen-bond donors (Lipinski definition) is 0. The summed E-state index contributed by atoms with van der Waals surface area (Å²) in [6.45, 7) is 20.4. The number of hydrogen-bond acceptors (Lipinski definition) is 4. The van der Waals surface area contributed by atoms with Crippen molar-refractivity contribution >= 4 is 14.3 Å². The van der Waals surface area contributed by atoms with Crippen LogP contribution in [0.1, 0.15) is 74.1 Å². The van der Waals surface area contributed by atoms with Crippen molar-refractivity contribution < 1.29 is 18.7 Å². The molecule has 0 amide bonds. The van der Waals surface area contributed by atoms with E-state index in [1.807, 2.05) is 6.08 Å². The van der Waals surface area contributed by atoms with E-state index in [4.69, 9.17) is 13.9 Å². The van der Waals surface area contributed by atoms with Gasteiger partial charge in [0.25, 0.3) is 0 Å². The zero-order chi connectivity index (χ0) is 21.6. The first-order valence-corrected chi connectivity index (χ1v) is 13.4. The normalized spacial score (nSPS) is 23.7. The summed E-state index contributed by atoms with van der Waals surface area (Å²) in [5.41, 5.74) is 2.56. The molecule has 4 nitrogen and oxygen atoms in total. The summed E-state index contributed by atoms with van der Waals surface area (Å²) >= 11 is 0. The van der Waals surface area contributed by atoms with Crippen molar-refractivity contribution in [1.29, 1.82) is 0 Å². The first kappa shape index (κ1) is 25.1. The molecule has 0 radical (unpaired) electrons. The highest BCUT2D eigenvalue weighted by molar-refractivity contribution is 6.74. The molecule has 1 aliphatic rings. The van der Waals surface area contributed by atoms with Gasteiger partial charge in [-0.15, -0.1) is 0 Å². The molecule has 2 unspecified atom stereocenters. The zero-order valence-electron chi connectivity index (χ0n) is 19.6. The molecule has 1 saturated heterocycles. The predicted octanol–water partition coefficient (Wildman–Crippen LogP) is 6.18. The van der Waals surface area contributed by atoms with Crippen LogP contribution in [0.5, 0.6) is 0 Å². The van der Waals surface area contributed by atoms with Gasteiger partial charge in [-0.1, -0.05) is 38.0 Å². The van der Waals surface area contributed by atoms with Gasteiger partial charge in [0.15, 0.2) is 8.32 Å². The minimum atomic E-state index is -1.72. The molecular weight excluding hydrogens is 368 g/mol. The highest BCUT2D eigenvalue weighted by Crippen LogP contribution is 2.43. The monoisotopic (exact) mass is 410 g/mol. The number of epoxide rings is 1. The predicted molar refractivity (Wildman–Crippen MR) is 119 cm³/mol. The maximum Gasteiger partial charge on any atom is 0.302 e. The summed E-state index contributed by atoms with van der Waals surface area (Å²) in [6.07, 6.45) is 8.75. The van der Waals surface area contributed by atoms with Crippen molar-refractivity contribution in [2.75, 3.05) is 13.2 Å². The van der Waals surface area contributed by atoms with Gasteiger partial charge in [-0.2, -0.15) is 0 Å². The standard InChI is InChI=1S/C23H42O4Si/c1-18(11-10-12-19(2)15-16-25-20(3)24)13-14-21-23(7,27-21)17-26-28(8,9)22(4,5)6/h11,15,21H,10,12-14,16-17H2,1-9H3/b18-11+,19-15+. The summed E-state index contributed by atoms with van der Waals surface area (Å²) in [5, 5.41) is 0.234. The lowest BCUT2D eigenvalue weighted by Gasteiger charge is -2.36.